The maximum absolute atomic E-state index is 8.48. The summed E-state index contributed by atoms with van der Waals surface area (Å²) in [5.41, 5.74) is 0. The van der Waals surface area contributed by atoms with Gasteiger partial charge in [-0.1, -0.05) is 84.0 Å². The van der Waals surface area contributed by atoms with Gasteiger partial charge in [-0.25, -0.2) is 0 Å². The van der Waals surface area contributed by atoms with Crippen LogP contribution in [0.25, 0.3) is 0 Å². The summed E-state index contributed by atoms with van der Waals surface area (Å²) >= 11 is 0. The van der Waals surface area contributed by atoms with E-state index in [1.807, 2.05) is 0 Å². The number of nitrogens with zero attached hydrogens (tertiary/aromatic N) is 2. The SMILES string of the molecule is CCCCCCCCCCCCCCCC[N+](C)(C)C.OCCN(CCO)CCO.[Br-]. The monoisotopic (exact) mass is 512 g/mol. The first-order chi connectivity index (χ1) is 14.4. The minimum Gasteiger partial charge on any atom is -1.00 e. The maximum atomic E-state index is 8.48. The summed E-state index contributed by atoms with van der Waals surface area (Å²) in [4.78, 5) is 1.79. The lowest BCUT2D eigenvalue weighted by Crippen LogP contribution is -3.00. The van der Waals surface area contributed by atoms with E-state index in [2.05, 4.69) is 28.1 Å². The molecule has 0 aliphatic rings. The van der Waals surface area contributed by atoms with Gasteiger partial charge in [0.25, 0.3) is 0 Å². The summed E-state index contributed by atoms with van der Waals surface area (Å²) < 4.78 is 1.12. The number of quaternary nitrogens is 1. The molecule has 192 valence electrons. The molecule has 0 aromatic carbocycles. The van der Waals surface area contributed by atoms with Gasteiger partial charge in [0.15, 0.2) is 0 Å². The fourth-order valence-corrected chi connectivity index (χ4v) is 3.54. The minimum atomic E-state index is 0. The molecule has 0 saturated carbocycles. The molecule has 0 aromatic rings. The molecule has 0 atom stereocenters. The topological polar surface area (TPSA) is 63.9 Å². The van der Waals surface area contributed by atoms with Crippen molar-refractivity contribution in [3.63, 3.8) is 0 Å². The molecular weight excluding hydrogens is 456 g/mol. The number of hydrogen-bond acceptors (Lipinski definition) is 4. The third-order valence-corrected chi connectivity index (χ3v) is 5.43. The van der Waals surface area contributed by atoms with Crippen molar-refractivity contribution in [2.24, 2.45) is 0 Å². The van der Waals surface area contributed by atoms with Crippen LogP contribution in [0.5, 0.6) is 0 Å². The Bertz CT molecular complexity index is 301. The molecule has 0 heterocycles. The Labute approximate surface area is 205 Å². The Kier molecular flexibility index (Phi) is 32.8. The van der Waals surface area contributed by atoms with Crippen molar-refractivity contribution in [1.82, 2.24) is 4.90 Å². The lowest BCUT2D eigenvalue weighted by Gasteiger charge is -2.23. The van der Waals surface area contributed by atoms with Gasteiger partial charge in [0.2, 0.25) is 0 Å². The summed E-state index contributed by atoms with van der Waals surface area (Å²) in [7, 11) is 6.88. The van der Waals surface area contributed by atoms with Gasteiger partial charge in [0.1, 0.15) is 0 Å². The van der Waals surface area contributed by atoms with Crippen molar-refractivity contribution in [3.05, 3.63) is 0 Å². The standard InChI is InChI=1S/C19H42N.C6H15NO3.BrH/c1-5-6-7-8-9-10-11-12-13-14-15-16-17-18-19-20(2,3)4;8-4-1-7(2-5-9)3-6-10;/h5-19H2,1-4H3;8-10H,1-6H2;1H/q+1;;/p-1. The Morgan fingerprint density at radius 3 is 1.06 bits per heavy atom. The summed E-state index contributed by atoms with van der Waals surface area (Å²) in [5, 5.41) is 25.5. The number of rotatable bonds is 21. The predicted molar refractivity (Wildman–Crippen MR) is 131 cm³/mol. The third kappa shape index (κ3) is 35.1. The number of hydrogen-bond donors (Lipinski definition) is 3. The first-order valence-electron chi connectivity index (χ1n) is 12.8. The van der Waals surface area contributed by atoms with Crippen molar-refractivity contribution in [3.8, 4) is 0 Å². The fraction of sp³-hybridized carbons (Fsp3) is 1.00. The molecular formula is C25H57BrN2O3. The highest BCUT2D eigenvalue weighted by Gasteiger charge is 2.05. The van der Waals surface area contributed by atoms with E-state index in [0.717, 1.165) is 4.48 Å². The zero-order valence-corrected chi connectivity index (χ0v) is 23.0. The van der Waals surface area contributed by atoms with Crippen LogP contribution >= 0.6 is 0 Å². The van der Waals surface area contributed by atoms with E-state index < -0.39 is 0 Å². The predicted octanol–water partition coefficient (Wildman–Crippen LogP) is 1.44. The molecule has 5 nitrogen and oxygen atoms in total. The highest BCUT2D eigenvalue weighted by atomic mass is 79.9. The Morgan fingerprint density at radius 2 is 0.806 bits per heavy atom. The second-order valence-electron chi connectivity index (χ2n) is 9.62. The van der Waals surface area contributed by atoms with Crippen LogP contribution in [0.3, 0.4) is 0 Å². The lowest BCUT2D eigenvalue weighted by molar-refractivity contribution is -0.870. The molecule has 0 aliphatic carbocycles. The highest BCUT2D eigenvalue weighted by Crippen LogP contribution is 2.13. The molecule has 0 spiro atoms. The molecule has 0 saturated heterocycles. The molecule has 0 rings (SSSR count). The Morgan fingerprint density at radius 1 is 0.516 bits per heavy atom. The second kappa shape index (κ2) is 28.3. The van der Waals surface area contributed by atoms with E-state index >= 15 is 0 Å². The van der Waals surface area contributed by atoms with Gasteiger partial charge >= 0.3 is 0 Å². The van der Waals surface area contributed by atoms with Crippen LogP contribution < -0.4 is 17.0 Å². The minimum absolute atomic E-state index is 0. The van der Waals surface area contributed by atoms with Gasteiger partial charge < -0.3 is 36.8 Å². The molecule has 0 aliphatic heterocycles. The number of halogens is 1. The molecule has 31 heavy (non-hydrogen) atoms. The fourth-order valence-electron chi connectivity index (χ4n) is 3.54. The van der Waals surface area contributed by atoms with E-state index in [9.17, 15) is 0 Å². The van der Waals surface area contributed by atoms with E-state index in [0.29, 0.717) is 19.6 Å². The molecule has 0 bridgehead atoms. The molecule has 0 fully saturated rings. The number of unbranched alkanes of at least 4 members (excludes halogenated alkanes) is 13. The molecule has 0 aromatic heterocycles. The molecule has 3 N–H and O–H groups in total. The summed E-state index contributed by atoms with van der Waals surface area (Å²) in [6, 6.07) is 0. The summed E-state index contributed by atoms with van der Waals surface area (Å²) in [6.45, 7) is 5.38. The maximum Gasteiger partial charge on any atom is 0.0780 e. The molecule has 6 heteroatoms. The van der Waals surface area contributed by atoms with Crippen LogP contribution in [0.1, 0.15) is 96.8 Å². The quantitative estimate of drug-likeness (QED) is 0.161. The Hall–Kier alpha value is 0.280. The van der Waals surface area contributed by atoms with E-state index in [-0.39, 0.29) is 36.8 Å². The number of aliphatic hydroxyl groups excluding tert-OH is 3. The zero-order chi connectivity index (χ0) is 22.9. The van der Waals surface area contributed by atoms with Gasteiger partial charge in [0, 0.05) is 19.6 Å². The van der Waals surface area contributed by atoms with Crippen molar-refractivity contribution in [2.75, 3.05) is 67.1 Å². The van der Waals surface area contributed by atoms with E-state index in [1.165, 1.54) is 96.4 Å². The van der Waals surface area contributed by atoms with Crippen LogP contribution in [0, 0.1) is 0 Å². The Balaban J connectivity index is -0.000000604. The van der Waals surface area contributed by atoms with Gasteiger partial charge in [-0.3, -0.25) is 4.90 Å². The highest BCUT2D eigenvalue weighted by molar-refractivity contribution is 4.54. The zero-order valence-electron chi connectivity index (χ0n) is 21.5. The van der Waals surface area contributed by atoms with Crippen molar-refractivity contribution in [2.45, 2.75) is 96.8 Å². The lowest BCUT2D eigenvalue weighted by atomic mass is 10.0. The van der Waals surface area contributed by atoms with Gasteiger partial charge in [0.05, 0.1) is 47.5 Å². The number of aliphatic hydroxyl groups is 3. The van der Waals surface area contributed by atoms with Crippen LogP contribution in [-0.4, -0.2) is 91.8 Å². The second-order valence-corrected chi connectivity index (χ2v) is 9.62. The van der Waals surface area contributed by atoms with Crippen LogP contribution in [-0.2, 0) is 0 Å². The van der Waals surface area contributed by atoms with Crippen LogP contribution in [0.15, 0.2) is 0 Å². The van der Waals surface area contributed by atoms with Gasteiger partial charge in [-0.2, -0.15) is 0 Å². The molecule has 0 amide bonds. The summed E-state index contributed by atoms with van der Waals surface area (Å²) in [6.07, 6.45) is 20.4. The van der Waals surface area contributed by atoms with E-state index in [4.69, 9.17) is 15.3 Å². The normalized spacial score (nSPS) is 11.2. The smallest absolute Gasteiger partial charge is 0.0780 e. The average molecular weight is 514 g/mol. The van der Waals surface area contributed by atoms with Crippen LogP contribution in [0.2, 0.25) is 0 Å². The average Bonchev–Trinajstić information content (AvgIpc) is 2.68. The molecule has 0 unspecified atom stereocenters. The first kappa shape index (κ1) is 35.9. The van der Waals surface area contributed by atoms with Crippen molar-refractivity contribution in [1.29, 1.82) is 0 Å². The first-order valence-corrected chi connectivity index (χ1v) is 12.8. The largest absolute Gasteiger partial charge is 1.00 e. The third-order valence-electron chi connectivity index (χ3n) is 5.43. The van der Waals surface area contributed by atoms with Gasteiger partial charge in [-0.05, 0) is 12.8 Å². The van der Waals surface area contributed by atoms with Crippen molar-refractivity contribution >= 4 is 0 Å². The van der Waals surface area contributed by atoms with Crippen LogP contribution in [0.4, 0.5) is 0 Å². The van der Waals surface area contributed by atoms with Gasteiger partial charge in [-0.15, -0.1) is 0 Å². The van der Waals surface area contributed by atoms with E-state index in [1.54, 1.807) is 4.90 Å². The molecule has 0 radical (unpaired) electrons. The van der Waals surface area contributed by atoms with Crippen molar-refractivity contribution < 1.29 is 36.8 Å². The summed E-state index contributed by atoms with van der Waals surface area (Å²) in [5.74, 6) is 0.